The third-order valence-electron chi connectivity index (χ3n) is 3.54. The highest BCUT2D eigenvalue weighted by atomic mass is 16.4. The number of nitrogens with zero attached hydrogens (tertiary/aromatic N) is 1. The summed E-state index contributed by atoms with van der Waals surface area (Å²) in [5, 5.41) is 12.2. The van der Waals surface area contributed by atoms with Crippen LogP contribution in [0.3, 0.4) is 0 Å². The summed E-state index contributed by atoms with van der Waals surface area (Å²) < 4.78 is 0. The number of rotatable bonds is 5. The average molecular weight is 256 g/mol. The van der Waals surface area contributed by atoms with Gasteiger partial charge in [0, 0.05) is 19.5 Å². The molecule has 0 saturated carbocycles. The van der Waals surface area contributed by atoms with Crippen LogP contribution in [-0.4, -0.2) is 48.6 Å². The van der Waals surface area contributed by atoms with Crippen LogP contribution in [0.1, 0.15) is 33.1 Å². The van der Waals surface area contributed by atoms with Crippen molar-refractivity contribution in [3.8, 4) is 0 Å². The lowest BCUT2D eigenvalue weighted by atomic mass is 9.88. The first-order chi connectivity index (χ1) is 8.36. The normalized spacial score (nSPS) is 20.8. The van der Waals surface area contributed by atoms with Crippen molar-refractivity contribution in [1.82, 2.24) is 10.2 Å². The van der Waals surface area contributed by atoms with E-state index in [0.717, 1.165) is 32.5 Å². The quantitative estimate of drug-likeness (QED) is 0.768. The number of hydrogen-bond acceptors (Lipinski definition) is 3. The van der Waals surface area contributed by atoms with Gasteiger partial charge in [0.15, 0.2) is 0 Å². The van der Waals surface area contributed by atoms with Crippen molar-refractivity contribution in [2.45, 2.75) is 33.1 Å². The molecule has 0 aromatic carbocycles. The number of carbonyl (C=O) groups is 2. The zero-order valence-corrected chi connectivity index (χ0v) is 11.5. The van der Waals surface area contributed by atoms with E-state index < -0.39 is 11.4 Å². The van der Waals surface area contributed by atoms with Crippen molar-refractivity contribution in [1.29, 1.82) is 0 Å². The van der Waals surface area contributed by atoms with E-state index in [0.29, 0.717) is 5.92 Å². The number of hydrogen-bond donors (Lipinski definition) is 2. The Balaban J connectivity index is 2.53. The number of carboxylic acids is 1. The molecule has 2 N–H and O–H groups in total. The lowest BCUT2D eigenvalue weighted by molar-refractivity contribution is -0.152. The second-order valence-corrected chi connectivity index (χ2v) is 5.77. The summed E-state index contributed by atoms with van der Waals surface area (Å²) in [4.78, 5) is 25.0. The number of piperidine rings is 1. The molecule has 0 aromatic rings. The Morgan fingerprint density at radius 2 is 2.11 bits per heavy atom. The van der Waals surface area contributed by atoms with Crippen LogP contribution in [0.5, 0.6) is 0 Å². The fourth-order valence-electron chi connectivity index (χ4n) is 2.31. The van der Waals surface area contributed by atoms with Crippen LogP contribution < -0.4 is 5.32 Å². The van der Waals surface area contributed by atoms with Gasteiger partial charge in [-0.15, -0.1) is 0 Å². The van der Waals surface area contributed by atoms with Crippen molar-refractivity contribution < 1.29 is 14.7 Å². The molecule has 0 aromatic heterocycles. The van der Waals surface area contributed by atoms with Crippen molar-refractivity contribution in [2.75, 3.05) is 26.7 Å². The highest BCUT2D eigenvalue weighted by molar-refractivity contribution is 5.84. The zero-order chi connectivity index (χ0) is 13.8. The Morgan fingerprint density at radius 3 is 2.67 bits per heavy atom. The Labute approximate surface area is 109 Å². The smallest absolute Gasteiger partial charge is 0.309 e. The molecule has 0 radical (unpaired) electrons. The van der Waals surface area contributed by atoms with Gasteiger partial charge in [0.2, 0.25) is 5.91 Å². The maximum Gasteiger partial charge on any atom is 0.309 e. The number of aliphatic carboxylic acids is 1. The molecular formula is C13H24N2O3. The Kier molecular flexibility index (Phi) is 5.14. The minimum Gasteiger partial charge on any atom is -0.481 e. The molecule has 1 fully saturated rings. The van der Waals surface area contributed by atoms with Gasteiger partial charge in [-0.2, -0.15) is 0 Å². The zero-order valence-electron chi connectivity index (χ0n) is 11.5. The molecule has 104 valence electrons. The van der Waals surface area contributed by atoms with Gasteiger partial charge in [-0.3, -0.25) is 9.59 Å². The first-order valence-corrected chi connectivity index (χ1v) is 6.52. The van der Waals surface area contributed by atoms with Crippen molar-refractivity contribution in [2.24, 2.45) is 11.3 Å². The van der Waals surface area contributed by atoms with Crippen LogP contribution in [0.4, 0.5) is 0 Å². The molecule has 1 aliphatic heterocycles. The van der Waals surface area contributed by atoms with E-state index in [1.54, 1.807) is 13.8 Å². The first-order valence-electron chi connectivity index (χ1n) is 6.52. The SMILES string of the molecule is CNCC1CCCN(C(=O)CC(C)(C)C(=O)O)C1. The van der Waals surface area contributed by atoms with Crippen LogP contribution in [-0.2, 0) is 9.59 Å². The highest BCUT2D eigenvalue weighted by Crippen LogP contribution is 2.24. The maximum atomic E-state index is 12.1. The summed E-state index contributed by atoms with van der Waals surface area (Å²) in [6, 6.07) is 0. The molecule has 5 heteroatoms. The molecule has 0 spiro atoms. The van der Waals surface area contributed by atoms with E-state index in [-0.39, 0.29) is 12.3 Å². The summed E-state index contributed by atoms with van der Waals surface area (Å²) in [5.74, 6) is -0.469. The molecule has 1 amide bonds. The molecule has 5 nitrogen and oxygen atoms in total. The topological polar surface area (TPSA) is 69.6 Å². The Bertz CT molecular complexity index is 313. The first kappa shape index (κ1) is 15.0. The molecule has 1 aliphatic rings. The van der Waals surface area contributed by atoms with Crippen molar-refractivity contribution in [3.05, 3.63) is 0 Å². The monoisotopic (exact) mass is 256 g/mol. The number of likely N-dealkylation sites (tertiary alicyclic amines) is 1. The third kappa shape index (κ3) is 3.98. The van der Waals surface area contributed by atoms with Gasteiger partial charge in [0.05, 0.1) is 5.41 Å². The van der Waals surface area contributed by atoms with E-state index in [9.17, 15) is 9.59 Å². The predicted octanol–water partition coefficient (Wildman–Crippen LogP) is 0.945. The summed E-state index contributed by atoms with van der Waals surface area (Å²) >= 11 is 0. The van der Waals surface area contributed by atoms with Gasteiger partial charge >= 0.3 is 5.97 Å². The molecule has 18 heavy (non-hydrogen) atoms. The Morgan fingerprint density at radius 1 is 1.44 bits per heavy atom. The van der Waals surface area contributed by atoms with Crippen molar-refractivity contribution in [3.63, 3.8) is 0 Å². The second kappa shape index (κ2) is 6.18. The van der Waals surface area contributed by atoms with E-state index in [1.165, 1.54) is 0 Å². The number of carbonyl (C=O) groups excluding carboxylic acids is 1. The van der Waals surface area contributed by atoms with Crippen LogP contribution in [0, 0.1) is 11.3 Å². The standard InChI is InChI=1S/C13H24N2O3/c1-13(2,12(17)18)7-11(16)15-6-4-5-10(9-15)8-14-3/h10,14H,4-9H2,1-3H3,(H,17,18). The highest BCUT2D eigenvalue weighted by Gasteiger charge is 2.33. The fourth-order valence-corrected chi connectivity index (χ4v) is 2.31. The minimum absolute atomic E-state index is 0.0387. The molecule has 1 atom stereocenters. The van der Waals surface area contributed by atoms with Crippen LogP contribution in [0.15, 0.2) is 0 Å². The molecule has 0 bridgehead atoms. The van der Waals surface area contributed by atoms with Gasteiger partial charge < -0.3 is 15.3 Å². The number of nitrogens with one attached hydrogen (secondary N) is 1. The summed E-state index contributed by atoms with van der Waals surface area (Å²) in [5.41, 5.74) is -0.979. The molecule has 1 unspecified atom stereocenters. The molecular weight excluding hydrogens is 232 g/mol. The van der Waals surface area contributed by atoms with Gasteiger partial charge in [-0.1, -0.05) is 0 Å². The largest absolute Gasteiger partial charge is 0.481 e. The van der Waals surface area contributed by atoms with Crippen molar-refractivity contribution >= 4 is 11.9 Å². The van der Waals surface area contributed by atoms with E-state index in [2.05, 4.69) is 5.32 Å². The fraction of sp³-hybridized carbons (Fsp3) is 0.846. The van der Waals surface area contributed by atoms with Gasteiger partial charge in [0.1, 0.15) is 0 Å². The average Bonchev–Trinajstić information content (AvgIpc) is 2.29. The number of carboxylic acid groups (broad SMARTS) is 1. The number of amides is 1. The molecule has 1 heterocycles. The van der Waals surface area contributed by atoms with E-state index in [1.807, 2.05) is 11.9 Å². The Hall–Kier alpha value is -1.10. The molecule has 1 rings (SSSR count). The van der Waals surface area contributed by atoms with Gasteiger partial charge in [-0.25, -0.2) is 0 Å². The lowest BCUT2D eigenvalue weighted by Gasteiger charge is -2.34. The van der Waals surface area contributed by atoms with Gasteiger partial charge in [-0.05, 0) is 46.2 Å². The summed E-state index contributed by atoms with van der Waals surface area (Å²) in [6.07, 6.45) is 2.22. The van der Waals surface area contributed by atoms with E-state index >= 15 is 0 Å². The lowest BCUT2D eigenvalue weighted by Crippen LogP contribution is -2.44. The van der Waals surface area contributed by atoms with Crippen LogP contribution in [0.25, 0.3) is 0 Å². The predicted molar refractivity (Wildman–Crippen MR) is 69.3 cm³/mol. The van der Waals surface area contributed by atoms with E-state index in [4.69, 9.17) is 5.11 Å². The molecule has 0 aliphatic carbocycles. The molecule has 1 saturated heterocycles. The summed E-state index contributed by atoms with van der Waals surface area (Å²) in [6.45, 7) is 5.61. The summed E-state index contributed by atoms with van der Waals surface area (Å²) in [7, 11) is 1.91. The maximum absolute atomic E-state index is 12.1. The second-order valence-electron chi connectivity index (χ2n) is 5.77. The van der Waals surface area contributed by atoms with Crippen LogP contribution in [0.2, 0.25) is 0 Å². The minimum atomic E-state index is -0.979. The van der Waals surface area contributed by atoms with Gasteiger partial charge in [0.25, 0.3) is 0 Å². The van der Waals surface area contributed by atoms with Crippen LogP contribution >= 0.6 is 0 Å². The third-order valence-corrected chi connectivity index (χ3v) is 3.54.